The lowest BCUT2D eigenvalue weighted by Gasteiger charge is -2.23. The standard InChI is InChI=1S/C25H23F3N2O4/c26-25(27,28)19-10-5-11-20(29)22(19)23(32)21(31)12-30-24(33)34-13-18-16-8-3-1-6-14(16)15-7-2-4-9-17(15)18/h1-11,18,21,23,31-32H,12-13,29H2,(H,30,33). The van der Waals surface area contributed by atoms with Crippen molar-refractivity contribution in [2.24, 2.45) is 0 Å². The normalized spacial score (nSPS) is 14.7. The fourth-order valence-electron chi connectivity index (χ4n) is 4.30. The van der Waals surface area contributed by atoms with E-state index < -0.39 is 42.1 Å². The van der Waals surface area contributed by atoms with Crippen molar-refractivity contribution in [2.45, 2.75) is 24.3 Å². The fraction of sp³-hybridized carbons (Fsp3) is 0.240. The molecular formula is C25H23F3N2O4. The van der Waals surface area contributed by atoms with Crippen LogP contribution < -0.4 is 11.1 Å². The monoisotopic (exact) mass is 472 g/mol. The minimum atomic E-state index is -4.77. The Bertz CT molecular complexity index is 1150. The van der Waals surface area contributed by atoms with Crippen LogP contribution in [0.5, 0.6) is 0 Å². The molecule has 0 aliphatic heterocycles. The summed E-state index contributed by atoms with van der Waals surface area (Å²) in [6.45, 7) is -0.508. The van der Waals surface area contributed by atoms with E-state index in [0.29, 0.717) is 0 Å². The van der Waals surface area contributed by atoms with Crippen molar-refractivity contribution in [3.8, 4) is 11.1 Å². The van der Waals surface area contributed by atoms with Gasteiger partial charge in [0.1, 0.15) is 18.8 Å². The number of aliphatic hydroxyl groups is 2. The number of alkyl carbamates (subject to hydrolysis) is 1. The number of aliphatic hydroxyl groups excluding tert-OH is 2. The molecule has 0 bridgehead atoms. The summed E-state index contributed by atoms with van der Waals surface area (Å²) in [7, 11) is 0. The summed E-state index contributed by atoms with van der Waals surface area (Å²) in [5.74, 6) is -0.174. The van der Waals surface area contributed by atoms with Gasteiger partial charge in [0, 0.05) is 23.7 Å². The molecule has 0 saturated heterocycles. The molecule has 0 heterocycles. The summed E-state index contributed by atoms with van der Waals surface area (Å²) in [6, 6.07) is 18.7. The Morgan fingerprint density at radius 3 is 2.15 bits per heavy atom. The number of nitrogens with one attached hydrogen (secondary N) is 1. The van der Waals surface area contributed by atoms with Gasteiger partial charge in [-0.15, -0.1) is 0 Å². The van der Waals surface area contributed by atoms with Crippen LogP contribution in [0.1, 0.15) is 34.3 Å². The third-order valence-corrected chi connectivity index (χ3v) is 5.90. The molecular weight excluding hydrogens is 449 g/mol. The zero-order chi connectivity index (χ0) is 24.5. The molecule has 3 aromatic carbocycles. The van der Waals surface area contributed by atoms with Gasteiger partial charge < -0.3 is 26.0 Å². The number of benzene rings is 3. The van der Waals surface area contributed by atoms with Crippen molar-refractivity contribution in [3.63, 3.8) is 0 Å². The molecule has 5 N–H and O–H groups in total. The van der Waals surface area contributed by atoms with E-state index in [2.05, 4.69) is 5.32 Å². The number of hydrogen-bond donors (Lipinski definition) is 4. The Balaban J connectivity index is 1.38. The van der Waals surface area contributed by atoms with Crippen LogP contribution in [-0.4, -0.2) is 35.6 Å². The smallest absolute Gasteiger partial charge is 0.416 e. The third-order valence-electron chi connectivity index (χ3n) is 5.90. The number of ether oxygens (including phenoxy) is 1. The second-order valence-corrected chi connectivity index (χ2v) is 8.02. The van der Waals surface area contributed by atoms with Gasteiger partial charge in [-0.05, 0) is 34.4 Å². The summed E-state index contributed by atoms with van der Waals surface area (Å²) in [6.07, 6.45) is -9.35. The van der Waals surface area contributed by atoms with Crippen LogP contribution in [-0.2, 0) is 10.9 Å². The molecule has 0 spiro atoms. The highest BCUT2D eigenvalue weighted by Gasteiger charge is 2.37. The lowest BCUT2D eigenvalue weighted by Crippen LogP contribution is -2.37. The Morgan fingerprint density at radius 1 is 0.971 bits per heavy atom. The highest BCUT2D eigenvalue weighted by Crippen LogP contribution is 2.44. The highest BCUT2D eigenvalue weighted by atomic mass is 19.4. The zero-order valence-electron chi connectivity index (χ0n) is 17.9. The first-order valence-electron chi connectivity index (χ1n) is 10.6. The number of nitrogens with two attached hydrogens (primary N) is 1. The van der Waals surface area contributed by atoms with Gasteiger partial charge in [-0.3, -0.25) is 0 Å². The van der Waals surface area contributed by atoms with Crippen LogP contribution in [0, 0.1) is 0 Å². The van der Waals surface area contributed by atoms with Crippen LogP contribution >= 0.6 is 0 Å². The maximum Gasteiger partial charge on any atom is 0.416 e. The second kappa shape index (κ2) is 9.36. The molecule has 0 fully saturated rings. The van der Waals surface area contributed by atoms with Crippen molar-refractivity contribution in [2.75, 3.05) is 18.9 Å². The third kappa shape index (κ3) is 4.57. The molecule has 6 nitrogen and oxygen atoms in total. The minimum absolute atomic E-state index is 0.0301. The van der Waals surface area contributed by atoms with Crippen LogP contribution in [0.2, 0.25) is 0 Å². The van der Waals surface area contributed by atoms with Crippen molar-refractivity contribution in [1.82, 2.24) is 5.32 Å². The number of hydrogen-bond acceptors (Lipinski definition) is 5. The molecule has 4 rings (SSSR count). The van der Waals surface area contributed by atoms with Gasteiger partial charge in [0.15, 0.2) is 0 Å². The number of nitrogen functional groups attached to an aromatic ring is 1. The van der Waals surface area contributed by atoms with Crippen molar-refractivity contribution >= 4 is 11.8 Å². The Morgan fingerprint density at radius 2 is 1.56 bits per heavy atom. The number of halogens is 3. The van der Waals surface area contributed by atoms with E-state index in [1.54, 1.807) is 0 Å². The van der Waals surface area contributed by atoms with Crippen LogP contribution in [0.25, 0.3) is 11.1 Å². The van der Waals surface area contributed by atoms with Crippen LogP contribution in [0.15, 0.2) is 66.7 Å². The minimum Gasteiger partial charge on any atom is -0.449 e. The first-order valence-corrected chi connectivity index (χ1v) is 10.6. The lowest BCUT2D eigenvalue weighted by atomic mass is 9.96. The van der Waals surface area contributed by atoms with E-state index in [0.717, 1.165) is 34.4 Å². The van der Waals surface area contributed by atoms with E-state index in [1.807, 2.05) is 48.5 Å². The van der Waals surface area contributed by atoms with E-state index in [4.69, 9.17) is 10.5 Å². The predicted molar refractivity (Wildman–Crippen MR) is 120 cm³/mol. The molecule has 3 aromatic rings. The number of alkyl halides is 3. The van der Waals surface area contributed by atoms with Gasteiger partial charge in [0.05, 0.1) is 5.56 Å². The van der Waals surface area contributed by atoms with Crippen molar-refractivity contribution in [1.29, 1.82) is 0 Å². The van der Waals surface area contributed by atoms with Gasteiger partial charge >= 0.3 is 12.3 Å². The van der Waals surface area contributed by atoms with E-state index in [9.17, 15) is 28.2 Å². The van der Waals surface area contributed by atoms with Gasteiger partial charge in [-0.25, -0.2) is 4.79 Å². The average Bonchev–Trinajstić information content (AvgIpc) is 3.13. The number of rotatable bonds is 6. The lowest BCUT2D eigenvalue weighted by molar-refractivity contribution is -0.139. The molecule has 0 radical (unpaired) electrons. The van der Waals surface area contributed by atoms with Gasteiger partial charge in [0.25, 0.3) is 0 Å². The SMILES string of the molecule is Nc1cccc(C(F)(F)F)c1C(O)C(O)CNC(=O)OCC1c2ccccc2-c2ccccc21. The molecule has 1 aliphatic carbocycles. The molecule has 178 valence electrons. The Kier molecular flexibility index (Phi) is 6.49. The summed E-state index contributed by atoms with van der Waals surface area (Å²) < 4.78 is 45.2. The maximum atomic E-state index is 13.3. The van der Waals surface area contributed by atoms with Gasteiger partial charge in [-0.2, -0.15) is 13.2 Å². The first-order chi connectivity index (χ1) is 16.2. The van der Waals surface area contributed by atoms with Crippen molar-refractivity contribution < 1.29 is 32.9 Å². The highest BCUT2D eigenvalue weighted by molar-refractivity contribution is 5.79. The molecule has 1 amide bonds. The summed E-state index contributed by atoms with van der Waals surface area (Å²) in [5, 5.41) is 22.8. The summed E-state index contributed by atoms with van der Waals surface area (Å²) in [4.78, 5) is 12.2. The van der Waals surface area contributed by atoms with E-state index >= 15 is 0 Å². The average molecular weight is 472 g/mol. The molecule has 0 saturated carbocycles. The first kappa shape index (κ1) is 23.6. The largest absolute Gasteiger partial charge is 0.449 e. The number of anilines is 1. The Labute approximate surface area is 193 Å². The predicted octanol–water partition coefficient (Wildman–Crippen LogP) is 4.22. The molecule has 34 heavy (non-hydrogen) atoms. The molecule has 0 aromatic heterocycles. The molecule has 1 aliphatic rings. The van der Waals surface area contributed by atoms with Crippen LogP contribution in [0.4, 0.5) is 23.7 Å². The zero-order valence-corrected chi connectivity index (χ0v) is 17.9. The van der Waals surface area contributed by atoms with E-state index in [1.165, 1.54) is 6.07 Å². The number of amides is 1. The maximum absolute atomic E-state index is 13.3. The number of carbonyl (C=O) groups excluding carboxylic acids is 1. The number of carbonyl (C=O) groups is 1. The summed E-state index contributed by atoms with van der Waals surface area (Å²) >= 11 is 0. The topological polar surface area (TPSA) is 105 Å². The second-order valence-electron chi connectivity index (χ2n) is 8.02. The van der Waals surface area contributed by atoms with Gasteiger partial charge in [0.2, 0.25) is 0 Å². The van der Waals surface area contributed by atoms with E-state index in [-0.39, 0.29) is 18.2 Å². The quantitative estimate of drug-likeness (QED) is 0.402. The summed E-state index contributed by atoms with van der Waals surface area (Å²) in [5.41, 5.74) is 7.68. The Hall–Kier alpha value is -3.56. The number of fused-ring (bicyclic) bond motifs is 3. The molecule has 2 unspecified atom stereocenters. The van der Waals surface area contributed by atoms with Crippen molar-refractivity contribution in [3.05, 3.63) is 89.0 Å². The molecule has 9 heteroatoms. The van der Waals surface area contributed by atoms with Gasteiger partial charge in [-0.1, -0.05) is 54.6 Å². The van der Waals surface area contributed by atoms with Crippen LogP contribution in [0.3, 0.4) is 0 Å². The fourth-order valence-corrected chi connectivity index (χ4v) is 4.30. The molecule has 2 atom stereocenters.